The summed E-state index contributed by atoms with van der Waals surface area (Å²) < 4.78 is 0. The summed E-state index contributed by atoms with van der Waals surface area (Å²) in [6, 6.07) is 8.28. The van der Waals surface area contributed by atoms with Gasteiger partial charge in [0, 0.05) is 11.0 Å². The molecule has 0 unspecified atom stereocenters. The van der Waals surface area contributed by atoms with Gasteiger partial charge in [-0.2, -0.15) is 0 Å². The maximum Gasteiger partial charge on any atom is 0.0629 e. The molecule has 0 spiro atoms. The quantitative estimate of drug-likeness (QED) is 0.609. The van der Waals surface area contributed by atoms with Gasteiger partial charge in [0.2, 0.25) is 0 Å². The molecule has 1 aromatic carbocycles. The van der Waals surface area contributed by atoms with Crippen LogP contribution in [0.25, 0.3) is 5.03 Å². The van der Waals surface area contributed by atoms with Gasteiger partial charge in [-0.15, -0.1) is 0 Å². The molecule has 1 fully saturated rings. The first-order valence-corrected chi connectivity index (χ1v) is 5.19. The van der Waals surface area contributed by atoms with E-state index in [4.69, 9.17) is 23.2 Å². The minimum atomic E-state index is 0.518. The second-order valence-electron chi connectivity index (χ2n) is 3.70. The van der Waals surface area contributed by atoms with Crippen molar-refractivity contribution in [1.29, 1.82) is 0 Å². The number of rotatable bonds is 0. The predicted molar refractivity (Wildman–Crippen MR) is 55.9 cm³/mol. The zero-order chi connectivity index (χ0) is 9.00. The highest BCUT2D eigenvalue weighted by molar-refractivity contribution is 6.55. The van der Waals surface area contributed by atoms with E-state index in [0.717, 1.165) is 15.6 Å². The lowest BCUT2D eigenvalue weighted by molar-refractivity contribution is 0.976. The van der Waals surface area contributed by atoms with Gasteiger partial charge >= 0.3 is 0 Å². The molecular formula is C11H8Cl2. The molecule has 0 aliphatic heterocycles. The molecule has 1 saturated carbocycles. The fourth-order valence-corrected chi connectivity index (χ4v) is 2.79. The van der Waals surface area contributed by atoms with Crippen molar-refractivity contribution < 1.29 is 0 Å². The van der Waals surface area contributed by atoms with E-state index in [1.54, 1.807) is 0 Å². The van der Waals surface area contributed by atoms with Crippen molar-refractivity contribution in [3.05, 3.63) is 40.4 Å². The van der Waals surface area contributed by atoms with Crippen molar-refractivity contribution in [3.63, 3.8) is 0 Å². The minimum Gasteiger partial charge on any atom is -0.0872 e. The van der Waals surface area contributed by atoms with Gasteiger partial charge in [-0.25, -0.2) is 0 Å². The topological polar surface area (TPSA) is 0 Å². The van der Waals surface area contributed by atoms with Crippen molar-refractivity contribution in [2.75, 3.05) is 0 Å². The van der Waals surface area contributed by atoms with Gasteiger partial charge in [0.1, 0.15) is 0 Å². The van der Waals surface area contributed by atoms with Crippen molar-refractivity contribution in [2.45, 2.75) is 12.3 Å². The number of benzene rings is 1. The summed E-state index contributed by atoms with van der Waals surface area (Å²) in [5.74, 6) is 1.16. The summed E-state index contributed by atoms with van der Waals surface area (Å²) in [6.07, 6.45) is 1.17. The van der Waals surface area contributed by atoms with Crippen LogP contribution in [0.15, 0.2) is 29.3 Å². The molecule has 2 heteroatoms. The zero-order valence-corrected chi connectivity index (χ0v) is 8.44. The molecule has 0 radical (unpaired) electrons. The summed E-state index contributed by atoms with van der Waals surface area (Å²) in [5.41, 5.74) is 2.51. The Hall–Kier alpha value is -0.460. The van der Waals surface area contributed by atoms with Crippen LogP contribution in [-0.4, -0.2) is 0 Å². The molecule has 3 rings (SSSR count). The standard InChI is InChI=1S/C11H8Cl2/c12-10-7-4-2-1-3-6(7)8-5-9(8)11(10)13/h1-4,8-9H,5H2/t8-,9-/m1/s1. The summed E-state index contributed by atoms with van der Waals surface area (Å²) >= 11 is 12.3. The Morgan fingerprint density at radius 2 is 1.85 bits per heavy atom. The van der Waals surface area contributed by atoms with Crippen molar-refractivity contribution in [2.24, 2.45) is 5.92 Å². The molecule has 0 saturated heterocycles. The second-order valence-corrected chi connectivity index (χ2v) is 4.48. The van der Waals surface area contributed by atoms with E-state index in [1.165, 1.54) is 12.0 Å². The SMILES string of the molecule is ClC1=C(Cl)[C@@H]2C[C@@H]2c2ccccc21. The van der Waals surface area contributed by atoms with E-state index in [0.29, 0.717) is 11.8 Å². The van der Waals surface area contributed by atoms with E-state index < -0.39 is 0 Å². The maximum absolute atomic E-state index is 6.17. The van der Waals surface area contributed by atoms with Gasteiger partial charge in [0.25, 0.3) is 0 Å². The summed E-state index contributed by atoms with van der Waals surface area (Å²) in [5, 5.41) is 1.63. The van der Waals surface area contributed by atoms with Crippen LogP contribution < -0.4 is 0 Å². The highest BCUT2D eigenvalue weighted by Crippen LogP contribution is 2.60. The average molecular weight is 211 g/mol. The van der Waals surface area contributed by atoms with E-state index in [2.05, 4.69) is 18.2 Å². The van der Waals surface area contributed by atoms with Crippen LogP contribution in [0.3, 0.4) is 0 Å². The monoisotopic (exact) mass is 210 g/mol. The Morgan fingerprint density at radius 3 is 2.69 bits per heavy atom. The Kier molecular flexibility index (Phi) is 1.53. The number of fused-ring (bicyclic) bond motifs is 3. The number of halogens is 2. The zero-order valence-electron chi connectivity index (χ0n) is 6.93. The third-order valence-electron chi connectivity index (χ3n) is 2.92. The normalized spacial score (nSPS) is 29.7. The van der Waals surface area contributed by atoms with Crippen molar-refractivity contribution in [3.8, 4) is 0 Å². The Labute approximate surface area is 87.2 Å². The molecule has 0 bridgehead atoms. The molecule has 2 aliphatic carbocycles. The minimum absolute atomic E-state index is 0.518. The fraction of sp³-hybridized carbons (Fsp3) is 0.273. The molecule has 13 heavy (non-hydrogen) atoms. The number of allylic oxidation sites excluding steroid dienone is 1. The Morgan fingerprint density at radius 1 is 1.08 bits per heavy atom. The molecule has 1 aromatic rings. The van der Waals surface area contributed by atoms with Gasteiger partial charge in [-0.1, -0.05) is 47.5 Å². The molecule has 66 valence electrons. The number of hydrogen-bond donors (Lipinski definition) is 0. The molecule has 2 aliphatic rings. The van der Waals surface area contributed by atoms with Crippen LogP contribution in [0.1, 0.15) is 23.5 Å². The first-order chi connectivity index (χ1) is 6.29. The molecule has 0 N–H and O–H groups in total. The lowest BCUT2D eigenvalue weighted by Gasteiger charge is -2.14. The third-order valence-corrected chi connectivity index (χ3v) is 3.90. The van der Waals surface area contributed by atoms with E-state index in [1.807, 2.05) is 6.07 Å². The highest BCUT2D eigenvalue weighted by atomic mass is 35.5. The van der Waals surface area contributed by atoms with Crippen molar-refractivity contribution in [1.82, 2.24) is 0 Å². The second kappa shape index (κ2) is 2.52. The summed E-state index contributed by atoms with van der Waals surface area (Å²) in [7, 11) is 0. The van der Waals surface area contributed by atoms with Crippen LogP contribution in [0, 0.1) is 5.92 Å². The van der Waals surface area contributed by atoms with Gasteiger partial charge < -0.3 is 0 Å². The lowest BCUT2D eigenvalue weighted by atomic mass is 9.97. The third kappa shape index (κ3) is 0.992. The van der Waals surface area contributed by atoms with Gasteiger partial charge in [0.15, 0.2) is 0 Å². The maximum atomic E-state index is 6.17. The van der Waals surface area contributed by atoms with E-state index in [-0.39, 0.29) is 0 Å². The van der Waals surface area contributed by atoms with E-state index >= 15 is 0 Å². The largest absolute Gasteiger partial charge is 0.0872 e. The molecule has 2 atom stereocenters. The predicted octanol–water partition coefficient (Wildman–Crippen LogP) is 3.95. The summed E-state index contributed by atoms with van der Waals surface area (Å²) in [6.45, 7) is 0. The molecular weight excluding hydrogens is 203 g/mol. The van der Waals surface area contributed by atoms with Crippen molar-refractivity contribution >= 4 is 28.2 Å². The van der Waals surface area contributed by atoms with Gasteiger partial charge in [-0.3, -0.25) is 0 Å². The molecule has 0 nitrogen and oxygen atoms in total. The summed E-state index contributed by atoms with van der Waals surface area (Å²) in [4.78, 5) is 0. The average Bonchev–Trinajstić information content (AvgIpc) is 2.94. The highest BCUT2D eigenvalue weighted by Gasteiger charge is 2.45. The molecule has 0 aromatic heterocycles. The molecule has 0 amide bonds. The Balaban J connectivity index is 2.28. The molecule has 0 heterocycles. The number of hydrogen-bond acceptors (Lipinski definition) is 0. The van der Waals surface area contributed by atoms with Crippen LogP contribution in [0.4, 0.5) is 0 Å². The first kappa shape index (κ1) is 7.90. The Bertz CT molecular complexity index is 406. The lowest BCUT2D eigenvalue weighted by Crippen LogP contribution is -1.97. The van der Waals surface area contributed by atoms with Crippen LogP contribution in [0.2, 0.25) is 0 Å². The smallest absolute Gasteiger partial charge is 0.0629 e. The van der Waals surface area contributed by atoms with Gasteiger partial charge in [0.05, 0.1) is 5.03 Å². The van der Waals surface area contributed by atoms with E-state index in [9.17, 15) is 0 Å². The van der Waals surface area contributed by atoms with Crippen LogP contribution in [0.5, 0.6) is 0 Å². The fourth-order valence-electron chi connectivity index (χ4n) is 2.13. The van der Waals surface area contributed by atoms with Gasteiger partial charge in [-0.05, 0) is 23.5 Å². The van der Waals surface area contributed by atoms with Crippen LogP contribution >= 0.6 is 23.2 Å². The van der Waals surface area contributed by atoms with Crippen LogP contribution in [-0.2, 0) is 0 Å². The first-order valence-electron chi connectivity index (χ1n) is 4.43.